The lowest BCUT2D eigenvalue weighted by Gasteiger charge is -2.25. The molecule has 0 amide bonds. The van der Waals surface area contributed by atoms with Crippen molar-refractivity contribution < 1.29 is 9.47 Å². The van der Waals surface area contributed by atoms with Gasteiger partial charge in [0.2, 0.25) is 0 Å². The Morgan fingerprint density at radius 2 is 2.15 bits per heavy atom. The van der Waals surface area contributed by atoms with Crippen molar-refractivity contribution in [1.29, 1.82) is 0 Å². The van der Waals surface area contributed by atoms with E-state index >= 15 is 0 Å². The molecule has 2 unspecified atom stereocenters. The van der Waals surface area contributed by atoms with Crippen LogP contribution in [0.5, 0.6) is 5.75 Å². The number of methoxy groups -OCH3 is 1. The van der Waals surface area contributed by atoms with Crippen LogP contribution in [0.15, 0.2) is 24.3 Å². The lowest BCUT2D eigenvalue weighted by Crippen LogP contribution is -2.40. The van der Waals surface area contributed by atoms with Gasteiger partial charge in [0.1, 0.15) is 12.4 Å². The summed E-state index contributed by atoms with van der Waals surface area (Å²) in [5.41, 5.74) is 0. The van der Waals surface area contributed by atoms with Gasteiger partial charge in [-0.15, -0.1) is 0 Å². The standard InChI is InChI=1S/C16H26ClNO2/c1-4-9-18-16(13(2)8-10-19-3)12-20-15-7-5-6-14(17)11-15/h5-7,11,13,16,18H,4,8-10,12H2,1-3H3. The Kier molecular flexibility index (Phi) is 8.67. The Morgan fingerprint density at radius 3 is 2.80 bits per heavy atom. The van der Waals surface area contributed by atoms with E-state index in [9.17, 15) is 0 Å². The molecule has 0 bridgehead atoms. The Balaban J connectivity index is 2.50. The molecule has 0 fully saturated rings. The van der Waals surface area contributed by atoms with Gasteiger partial charge >= 0.3 is 0 Å². The summed E-state index contributed by atoms with van der Waals surface area (Å²) in [5.74, 6) is 1.32. The smallest absolute Gasteiger partial charge is 0.120 e. The second-order valence-corrected chi connectivity index (χ2v) is 5.52. The first-order valence-electron chi connectivity index (χ1n) is 7.28. The van der Waals surface area contributed by atoms with Crippen LogP contribution in [0.3, 0.4) is 0 Å². The van der Waals surface area contributed by atoms with Crippen molar-refractivity contribution in [3.63, 3.8) is 0 Å². The summed E-state index contributed by atoms with van der Waals surface area (Å²) >= 11 is 5.96. The first kappa shape index (κ1) is 17.3. The Bertz CT molecular complexity index is 373. The minimum Gasteiger partial charge on any atom is -0.492 e. The zero-order valence-corrected chi connectivity index (χ0v) is 13.5. The lowest BCUT2D eigenvalue weighted by molar-refractivity contribution is 0.154. The minimum atomic E-state index is 0.323. The van der Waals surface area contributed by atoms with Crippen molar-refractivity contribution in [2.45, 2.75) is 32.7 Å². The Hall–Kier alpha value is -0.770. The molecule has 3 nitrogen and oxygen atoms in total. The van der Waals surface area contributed by atoms with E-state index < -0.39 is 0 Å². The minimum absolute atomic E-state index is 0.323. The first-order chi connectivity index (χ1) is 9.67. The number of rotatable bonds is 10. The van der Waals surface area contributed by atoms with Gasteiger partial charge in [-0.25, -0.2) is 0 Å². The average molecular weight is 300 g/mol. The number of nitrogens with one attached hydrogen (secondary N) is 1. The predicted octanol–water partition coefficient (Wildman–Crippen LogP) is 3.76. The Labute approximate surface area is 127 Å². The van der Waals surface area contributed by atoms with E-state index in [2.05, 4.69) is 19.2 Å². The molecule has 0 saturated carbocycles. The highest BCUT2D eigenvalue weighted by Gasteiger charge is 2.17. The van der Waals surface area contributed by atoms with Crippen LogP contribution in [-0.2, 0) is 4.74 Å². The van der Waals surface area contributed by atoms with Crippen molar-refractivity contribution in [3.05, 3.63) is 29.3 Å². The highest BCUT2D eigenvalue weighted by Crippen LogP contribution is 2.18. The summed E-state index contributed by atoms with van der Waals surface area (Å²) in [6, 6.07) is 7.85. The molecule has 0 saturated heterocycles. The molecule has 0 heterocycles. The van der Waals surface area contributed by atoms with Crippen LogP contribution < -0.4 is 10.1 Å². The van der Waals surface area contributed by atoms with Crippen LogP contribution in [0.1, 0.15) is 26.7 Å². The van der Waals surface area contributed by atoms with Crippen molar-refractivity contribution in [3.8, 4) is 5.75 Å². The molecule has 0 aliphatic carbocycles. The molecule has 0 aromatic heterocycles. The second-order valence-electron chi connectivity index (χ2n) is 5.09. The SMILES string of the molecule is CCCNC(COc1cccc(Cl)c1)C(C)CCOC. The molecule has 20 heavy (non-hydrogen) atoms. The predicted molar refractivity (Wildman–Crippen MR) is 84.7 cm³/mol. The van der Waals surface area contributed by atoms with Crippen molar-refractivity contribution >= 4 is 11.6 Å². The van der Waals surface area contributed by atoms with Gasteiger partial charge in [-0.05, 0) is 43.5 Å². The molecular formula is C16H26ClNO2. The topological polar surface area (TPSA) is 30.5 Å². The van der Waals surface area contributed by atoms with E-state index in [1.165, 1.54) is 0 Å². The summed E-state index contributed by atoms with van der Waals surface area (Å²) in [5, 5.41) is 4.25. The molecule has 1 N–H and O–H groups in total. The first-order valence-corrected chi connectivity index (χ1v) is 7.65. The number of hydrogen-bond acceptors (Lipinski definition) is 3. The fraction of sp³-hybridized carbons (Fsp3) is 0.625. The molecule has 1 rings (SSSR count). The second kappa shape index (κ2) is 10.0. The average Bonchev–Trinajstić information content (AvgIpc) is 2.45. The maximum Gasteiger partial charge on any atom is 0.120 e. The summed E-state index contributed by atoms with van der Waals surface area (Å²) in [6.45, 7) is 6.82. The normalized spacial score (nSPS) is 14.0. The number of halogens is 1. The van der Waals surface area contributed by atoms with Crippen LogP contribution in [0.25, 0.3) is 0 Å². The van der Waals surface area contributed by atoms with Gasteiger partial charge < -0.3 is 14.8 Å². The molecular weight excluding hydrogens is 274 g/mol. The lowest BCUT2D eigenvalue weighted by atomic mass is 9.99. The van der Waals surface area contributed by atoms with Crippen LogP contribution >= 0.6 is 11.6 Å². The molecule has 0 aliphatic rings. The third-order valence-electron chi connectivity index (χ3n) is 3.35. The van der Waals surface area contributed by atoms with Crippen LogP contribution in [0, 0.1) is 5.92 Å². The zero-order valence-electron chi connectivity index (χ0n) is 12.7. The molecule has 1 aromatic rings. The maximum atomic E-state index is 5.96. The van der Waals surface area contributed by atoms with Crippen LogP contribution in [0.4, 0.5) is 0 Å². The van der Waals surface area contributed by atoms with E-state index in [1.807, 2.05) is 24.3 Å². The van der Waals surface area contributed by atoms with Gasteiger partial charge in [-0.1, -0.05) is 31.5 Å². The zero-order chi connectivity index (χ0) is 14.8. The van der Waals surface area contributed by atoms with Gasteiger partial charge in [0, 0.05) is 24.8 Å². The molecule has 0 radical (unpaired) electrons. The molecule has 0 spiro atoms. The van der Waals surface area contributed by atoms with E-state index in [1.54, 1.807) is 7.11 Å². The van der Waals surface area contributed by atoms with Crippen LogP contribution in [0.2, 0.25) is 5.02 Å². The highest BCUT2D eigenvalue weighted by molar-refractivity contribution is 6.30. The summed E-state index contributed by atoms with van der Waals surface area (Å²) in [7, 11) is 1.74. The van der Waals surface area contributed by atoms with Gasteiger partial charge in [-0.2, -0.15) is 0 Å². The third kappa shape index (κ3) is 6.60. The number of benzene rings is 1. The summed E-state index contributed by atoms with van der Waals surface area (Å²) in [4.78, 5) is 0. The Morgan fingerprint density at radius 1 is 1.35 bits per heavy atom. The monoisotopic (exact) mass is 299 g/mol. The fourth-order valence-electron chi connectivity index (χ4n) is 2.00. The molecule has 2 atom stereocenters. The van der Waals surface area contributed by atoms with E-state index in [4.69, 9.17) is 21.1 Å². The van der Waals surface area contributed by atoms with E-state index in [-0.39, 0.29) is 0 Å². The summed E-state index contributed by atoms with van der Waals surface area (Å²) in [6.07, 6.45) is 2.14. The highest BCUT2D eigenvalue weighted by atomic mass is 35.5. The summed E-state index contributed by atoms with van der Waals surface area (Å²) < 4.78 is 11.0. The molecule has 114 valence electrons. The van der Waals surface area contributed by atoms with Crippen molar-refractivity contribution in [2.75, 3.05) is 26.9 Å². The fourth-order valence-corrected chi connectivity index (χ4v) is 2.18. The van der Waals surface area contributed by atoms with E-state index in [0.29, 0.717) is 23.6 Å². The molecule has 4 heteroatoms. The van der Waals surface area contributed by atoms with Gasteiger partial charge in [0.25, 0.3) is 0 Å². The number of ether oxygens (including phenoxy) is 2. The quantitative estimate of drug-likeness (QED) is 0.713. The van der Waals surface area contributed by atoms with E-state index in [0.717, 1.165) is 31.7 Å². The molecule has 1 aromatic carbocycles. The number of hydrogen-bond donors (Lipinski definition) is 1. The maximum absolute atomic E-state index is 5.96. The largest absolute Gasteiger partial charge is 0.492 e. The van der Waals surface area contributed by atoms with Gasteiger partial charge in [0.05, 0.1) is 0 Å². The third-order valence-corrected chi connectivity index (χ3v) is 3.58. The van der Waals surface area contributed by atoms with Gasteiger partial charge in [-0.3, -0.25) is 0 Å². The van der Waals surface area contributed by atoms with Crippen molar-refractivity contribution in [1.82, 2.24) is 5.32 Å². The molecule has 0 aliphatic heterocycles. The van der Waals surface area contributed by atoms with Crippen molar-refractivity contribution in [2.24, 2.45) is 5.92 Å². The van der Waals surface area contributed by atoms with Gasteiger partial charge in [0.15, 0.2) is 0 Å². The van der Waals surface area contributed by atoms with Crippen LogP contribution in [-0.4, -0.2) is 32.9 Å².